The number of nitrogens with zero attached hydrogens (tertiary/aromatic N) is 1. The molecule has 166 valence electrons. The Morgan fingerprint density at radius 1 is 0.970 bits per heavy atom. The molecule has 5 heteroatoms. The molecule has 1 aliphatic heterocycles. The van der Waals surface area contributed by atoms with E-state index in [0.717, 1.165) is 40.4 Å². The molecule has 0 bridgehead atoms. The number of aromatic amines is 1. The SMILES string of the molecule is Cc1cccc(-c2ccccc2C(=O)N2CCCC(NC(=O)c3c[nH]c4ccccc34)C2)c1. The first-order valence-corrected chi connectivity index (χ1v) is 11.4. The molecule has 5 rings (SSSR count). The van der Waals surface area contributed by atoms with E-state index >= 15 is 0 Å². The molecule has 2 heterocycles. The number of nitrogens with one attached hydrogen (secondary N) is 2. The van der Waals surface area contributed by atoms with Crippen LogP contribution in [0.25, 0.3) is 22.0 Å². The molecule has 4 aromatic rings. The highest BCUT2D eigenvalue weighted by Gasteiger charge is 2.27. The smallest absolute Gasteiger partial charge is 0.254 e. The summed E-state index contributed by atoms with van der Waals surface area (Å²) in [5, 5.41) is 4.06. The van der Waals surface area contributed by atoms with E-state index in [1.165, 1.54) is 0 Å². The summed E-state index contributed by atoms with van der Waals surface area (Å²) < 4.78 is 0. The second kappa shape index (κ2) is 8.94. The maximum Gasteiger partial charge on any atom is 0.254 e. The summed E-state index contributed by atoms with van der Waals surface area (Å²) in [5.41, 5.74) is 5.42. The van der Waals surface area contributed by atoms with E-state index < -0.39 is 0 Å². The van der Waals surface area contributed by atoms with E-state index in [-0.39, 0.29) is 17.9 Å². The predicted octanol–water partition coefficient (Wildman–Crippen LogP) is 5.18. The number of rotatable bonds is 4. The van der Waals surface area contributed by atoms with Crippen molar-refractivity contribution in [1.82, 2.24) is 15.2 Å². The largest absolute Gasteiger partial charge is 0.360 e. The minimum absolute atomic E-state index is 0.0122. The summed E-state index contributed by atoms with van der Waals surface area (Å²) in [5.74, 6) is -0.0925. The zero-order valence-electron chi connectivity index (χ0n) is 18.7. The Balaban J connectivity index is 1.33. The van der Waals surface area contributed by atoms with Crippen LogP contribution in [0.3, 0.4) is 0 Å². The molecule has 1 unspecified atom stereocenters. The lowest BCUT2D eigenvalue weighted by molar-refractivity contribution is 0.0677. The molecule has 1 saturated heterocycles. The lowest BCUT2D eigenvalue weighted by Gasteiger charge is -2.33. The summed E-state index contributed by atoms with van der Waals surface area (Å²) in [6.07, 6.45) is 3.47. The fraction of sp³-hybridized carbons (Fsp3) is 0.214. The molecule has 0 aliphatic carbocycles. The second-order valence-electron chi connectivity index (χ2n) is 8.73. The van der Waals surface area contributed by atoms with Gasteiger partial charge in [-0.15, -0.1) is 0 Å². The summed E-state index contributed by atoms with van der Waals surface area (Å²) in [7, 11) is 0. The monoisotopic (exact) mass is 437 g/mol. The number of hydrogen-bond donors (Lipinski definition) is 2. The number of benzene rings is 3. The van der Waals surface area contributed by atoms with Crippen LogP contribution in [0.15, 0.2) is 79.0 Å². The normalized spacial score (nSPS) is 16.0. The van der Waals surface area contributed by atoms with Crippen LogP contribution in [0.4, 0.5) is 0 Å². The molecule has 0 spiro atoms. The first-order chi connectivity index (χ1) is 16.1. The molecule has 1 aromatic heterocycles. The summed E-state index contributed by atoms with van der Waals surface area (Å²) >= 11 is 0. The maximum absolute atomic E-state index is 13.5. The average molecular weight is 438 g/mol. The maximum atomic E-state index is 13.5. The van der Waals surface area contributed by atoms with Crippen molar-refractivity contribution in [3.63, 3.8) is 0 Å². The number of fused-ring (bicyclic) bond motifs is 1. The van der Waals surface area contributed by atoms with E-state index in [9.17, 15) is 9.59 Å². The summed E-state index contributed by atoms with van der Waals surface area (Å²) in [6, 6.07) is 23.7. The number of likely N-dealkylation sites (tertiary alicyclic amines) is 1. The number of carbonyl (C=O) groups is 2. The predicted molar refractivity (Wildman–Crippen MR) is 131 cm³/mol. The van der Waals surface area contributed by atoms with Gasteiger partial charge in [-0.25, -0.2) is 0 Å². The minimum atomic E-state index is -0.105. The van der Waals surface area contributed by atoms with Gasteiger partial charge in [0.25, 0.3) is 11.8 Å². The van der Waals surface area contributed by atoms with Crippen molar-refractivity contribution in [1.29, 1.82) is 0 Å². The molecular weight excluding hydrogens is 410 g/mol. The van der Waals surface area contributed by atoms with E-state index in [1.807, 2.05) is 65.6 Å². The highest BCUT2D eigenvalue weighted by Crippen LogP contribution is 2.27. The summed E-state index contributed by atoms with van der Waals surface area (Å²) in [6.45, 7) is 3.26. The van der Waals surface area contributed by atoms with Crippen LogP contribution in [0.2, 0.25) is 0 Å². The van der Waals surface area contributed by atoms with Gasteiger partial charge < -0.3 is 15.2 Å². The molecule has 1 aliphatic rings. The van der Waals surface area contributed by atoms with Crippen LogP contribution in [-0.2, 0) is 0 Å². The summed E-state index contributed by atoms with van der Waals surface area (Å²) in [4.78, 5) is 31.5. The Bertz CT molecular complexity index is 1320. The van der Waals surface area contributed by atoms with Crippen LogP contribution < -0.4 is 5.32 Å². The first-order valence-electron chi connectivity index (χ1n) is 11.4. The number of aromatic nitrogens is 1. The van der Waals surface area contributed by atoms with Crippen LogP contribution >= 0.6 is 0 Å². The van der Waals surface area contributed by atoms with Gasteiger partial charge in [-0.2, -0.15) is 0 Å². The van der Waals surface area contributed by atoms with Crippen molar-refractivity contribution < 1.29 is 9.59 Å². The Morgan fingerprint density at radius 2 is 1.79 bits per heavy atom. The number of carbonyl (C=O) groups excluding carboxylic acids is 2. The molecule has 0 radical (unpaired) electrons. The van der Waals surface area contributed by atoms with Crippen molar-refractivity contribution in [2.75, 3.05) is 13.1 Å². The van der Waals surface area contributed by atoms with Gasteiger partial charge >= 0.3 is 0 Å². The Morgan fingerprint density at radius 3 is 2.67 bits per heavy atom. The van der Waals surface area contributed by atoms with E-state index in [0.29, 0.717) is 24.2 Å². The van der Waals surface area contributed by atoms with E-state index in [4.69, 9.17) is 0 Å². The topological polar surface area (TPSA) is 65.2 Å². The lowest BCUT2D eigenvalue weighted by Crippen LogP contribution is -2.49. The number of amides is 2. The van der Waals surface area contributed by atoms with Crippen molar-refractivity contribution in [3.8, 4) is 11.1 Å². The van der Waals surface area contributed by atoms with Crippen molar-refractivity contribution in [2.45, 2.75) is 25.8 Å². The van der Waals surface area contributed by atoms with Crippen molar-refractivity contribution in [3.05, 3.63) is 95.7 Å². The van der Waals surface area contributed by atoms with Crippen molar-refractivity contribution in [2.24, 2.45) is 0 Å². The highest BCUT2D eigenvalue weighted by atomic mass is 16.2. The molecule has 5 nitrogen and oxygen atoms in total. The Hall–Kier alpha value is -3.86. The van der Waals surface area contributed by atoms with Gasteiger partial charge in [-0.1, -0.05) is 66.2 Å². The average Bonchev–Trinajstić information content (AvgIpc) is 3.28. The lowest BCUT2D eigenvalue weighted by atomic mass is 9.96. The van der Waals surface area contributed by atoms with Gasteiger partial charge in [0, 0.05) is 41.8 Å². The number of H-pyrrole nitrogens is 1. The third-order valence-electron chi connectivity index (χ3n) is 6.36. The number of hydrogen-bond acceptors (Lipinski definition) is 2. The van der Waals surface area contributed by atoms with E-state index in [1.54, 1.807) is 6.20 Å². The van der Waals surface area contributed by atoms with Gasteiger partial charge in [0.15, 0.2) is 0 Å². The van der Waals surface area contributed by atoms with Crippen LogP contribution in [-0.4, -0.2) is 40.8 Å². The molecule has 1 fully saturated rings. The van der Waals surface area contributed by atoms with Crippen LogP contribution in [0.1, 0.15) is 39.1 Å². The third-order valence-corrected chi connectivity index (χ3v) is 6.36. The van der Waals surface area contributed by atoms with Gasteiger partial charge in [0.05, 0.1) is 5.56 Å². The van der Waals surface area contributed by atoms with Crippen LogP contribution in [0, 0.1) is 6.92 Å². The van der Waals surface area contributed by atoms with Crippen molar-refractivity contribution >= 4 is 22.7 Å². The van der Waals surface area contributed by atoms with Gasteiger partial charge in [0.1, 0.15) is 0 Å². The minimum Gasteiger partial charge on any atom is -0.360 e. The van der Waals surface area contributed by atoms with E-state index in [2.05, 4.69) is 29.4 Å². The molecule has 0 saturated carbocycles. The van der Waals surface area contributed by atoms with Gasteiger partial charge in [-0.05, 0) is 43.0 Å². The molecule has 2 amide bonds. The molecular formula is C28H27N3O2. The second-order valence-corrected chi connectivity index (χ2v) is 8.73. The zero-order valence-corrected chi connectivity index (χ0v) is 18.7. The Labute approximate surface area is 193 Å². The fourth-order valence-electron chi connectivity index (χ4n) is 4.71. The fourth-order valence-corrected chi connectivity index (χ4v) is 4.71. The quantitative estimate of drug-likeness (QED) is 0.462. The standard InChI is InChI=1S/C28H27N3O2/c1-19-8-6-9-20(16-19)22-11-2-3-13-24(22)28(33)31-15-7-10-21(18-31)30-27(32)25-17-29-26-14-5-4-12-23(25)26/h2-6,8-9,11-14,16-17,21,29H,7,10,15,18H2,1H3,(H,30,32). The number of piperidine rings is 1. The highest BCUT2D eigenvalue weighted by molar-refractivity contribution is 6.07. The molecule has 3 aromatic carbocycles. The van der Waals surface area contributed by atoms with Gasteiger partial charge in [0.2, 0.25) is 0 Å². The third kappa shape index (κ3) is 4.27. The van der Waals surface area contributed by atoms with Gasteiger partial charge in [-0.3, -0.25) is 9.59 Å². The van der Waals surface area contributed by atoms with Crippen LogP contribution in [0.5, 0.6) is 0 Å². The molecule has 33 heavy (non-hydrogen) atoms. The molecule has 2 N–H and O–H groups in total. The molecule has 1 atom stereocenters. The first kappa shape index (κ1) is 21.0. The Kier molecular flexibility index (Phi) is 5.69. The zero-order chi connectivity index (χ0) is 22.8. The number of aryl methyl sites for hydroxylation is 1. The number of para-hydroxylation sites is 1.